The van der Waals surface area contributed by atoms with E-state index >= 15 is 0 Å². The Balaban J connectivity index is 2.00. The second-order valence-electron chi connectivity index (χ2n) is 4.29. The lowest BCUT2D eigenvalue weighted by atomic mass is 9.96. The van der Waals surface area contributed by atoms with E-state index < -0.39 is 0 Å². The maximum Gasteiger partial charge on any atom is 0.129 e. The van der Waals surface area contributed by atoms with Crippen LogP contribution in [-0.4, -0.2) is 5.71 Å². The summed E-state index contributed by atoms with van der Waals surface area (Å²) in [6, 6.07) is 18.0. The van der Waals surface area contributed by atoms with E-state index in [-0.39, 0.29) is 6.10 Å². The van der Waals surface area contributed by atoms with Gasteiger partial charge in [0.25, 0.3) is 0 Å². The molecule has 0 spiro atoms. The van der Waals surface area contributed by atoms with E-state index in [4.69, 9.17) is 10.6 Å². The molecular weight excluding hydrogens is 224 g/mol. The highest BCUT2D eigenvalue weighted by atomic mass is 16.5. The largest absolute Gasteiger partial charge is 0.485 e. The van der Waals surface area contributed by atoms with Crippen molar-refractivity contribution in [1.82, 2.24) is 0 Å². The summed E-state index contributed by atoms with van der Waals surface area (Å²) in [4.78, 5) is 0. The summed E-state index contributed by atoms with van der Waals surface area (Å²) in [6.45, 7) is 0. The lowest BCUT2D eigenvalue weighted by Gasteiger charge is -2.27. The van der Waals surface area contributed by atoms with Crippen molar-refractivity contribution >= 4 is 5.71 Å². The van der Waals surface area contributed by atoms with Crippen molar-refractivity contribution in [3.63, 3.8) is 0 Å². The molecule has 1 aliphatic heterocycles. The molecule has 2 aromatic rings. The number of para-hydroxylation sites is 1. The minimum Gasteiger partial charge on any atom is -0.485 e. The number of hydrazone groups is 1. The van der Waals surface area contributed by atoms with Gasteiger partial charge in [0.2, 0.25) is 0 Å². The Morgan fingerprint density at radius 2 is 1.72 bits per heavy atom. The first-order chi connectivity index (χ1) is 8.88. The topological polar surface area (TPSA) is 47.6 Å². The normalized spacial score (nSPS) is 20.2. The van der Waals surface area contributed by atoms with Crippen LogP contribution in [-0.2, 0) is 0 Å². The highest BCUT2D eigenvalue weighted by Crippen LogP contribution is 2.34. The summed E-state index contributed by atoms with van der Waals surface area (Å²) < 4.78 is 6.01. The van der Waals surface area contributed by atoms with Gasteiger partial charge in [-0.1, -0.05) is 42.5 Å². The fourth-order valence-electron chi connectivity index (χ4n) is 2.26. The zero-order valence-electron chi connectivity index (χ0n) is 9.91. The Morgan fingerprint density at radius 3 is 2.50 bits per heavy atom. The predicted octanol–water partition coefficient (Wildman–Crippen LogP) is 2.87. The van der Waals surface area contributed by atoms with Crippen molar-refractivity contribution in [2.75, 3.05) is 0 Å². The van der Waals surface area contributed by atoms with Crippen LogP contribution >= 0.6 is 0 Å². The monoisotopic (exact) mass is 238 g/mol. The maximum absolute atomic E-state index is 6.01. The maximum atomic E-state index is 6.01. The molecule has 3 nitrogen and oxygen atoms in total. The molecular formula is C15H14N2O. The number of hydrogen-bond acceptors (Lipinski definition) is 3. The quantitative estimate of drug-likeness (QED) is 0.613. The SMILES string of the molecule is N/N=C1/CC(c2ccccc2)Oc2ccccc21. The van der Waals surface area contributed by atoms with Gasteiger partial charge in [0.05, 0.1) is 5.71 Å². The molecule has 0 fully saturated rings. The average Bonchev–Trinajstić information content (AvgIpc) is 2.47. The van der Waals surface area contributed by atoms with Gasteiger partial charge in [-0.15, -0.1) is 0 Å². The molecule has 0 aliphatic carbocycles. The Bertz CT molecular complexity index is 578. The van der Waals surface area contributed by atoms with Gasteiger partial charge in [-0.05, 0) is 17.7 Å². The molecule has 0 saturated heterocycles. The lowest BCUT2D eigenvalue weighted by Crippen LogP contribution is -2.21. The summed E-state index contributed by atoms with van der Waals surface area (Å²) >= 11 is 0. The number of benzene rings is 2. The van der Waals surface area contributed by atoms with Gasteiger partial charge in [-0.2, -0.15) is 5.10 Å². The van der Waals surface area contributed by atoms with Gasteiger partial charge < -0.3 is 10.6 Å². The standard InChI is InChI=1S/C15H14N2O/c16-17-13-10-15(11-6-2-1-3-7-11)18-14-9-5-4-8-12(13)14/h1-9,15H,10,16H2/b17-13-. The smallest absolute Gasteiger partial charge is 0.129 e. The fourth-order valence-corrected chi connectivity index (χ4v) is 2.26. The predicted molar refractivity (Wildman–Crippen MR) is 71.6 cm³/mol. The van der Waals surface area contributed by atoms with E-state index in [9.17, 15) is 0 Å². The van der Waals surface area contributed by atoms with Crippen molar-refractivity contribution < 1.29 is 4.74 Å². The van der Waals surface area contributed by atoms with Crippen molar-refractivity contribution in [1.29, 1.82) is 0 Å². The number of nitrogens with two attached hydrogens (primary N) is 1. The van der Waals surface area contributed by atoms with Gasteiger partial charge >= 0.3 is 0 Å². The van der Waals surface area contributed by atoms with Gasteiger partial charge in [-0.3, -0.25) is 0 Å². The molecule has 90 valence electrons. The van der Waals surface area contributed by atoms with E-state index in [0.717, 1.165) is 22.6 Å². The van der Waals surface area contributed by atoms with E-state index in [2.05, 4.69) is 17.2 Å². The number of fused-ring (bicyclic) bond motifs is 1. The summed E-state index contributed by atoms with van der Waals surface area (Å²) in [6.07, 6.45) is 0.695. The van der Waals surface area contributed by atoms with Crippen LogP contribution in [0.15, 0.2) is 59.7 Å². The summed E-state index contributed by atoms with van der Waals surface area (Å²) in [7, 11) is 0. The number of hydrogen-bond donors (Lipinski definition) is 1. The Labute approximate surface area is 106 Å². The van der Waals surface area contributed by atoms with Crippen LogP contribution in [0.25, 0.3) is 0 Å². The molecule has 1 atom stereocenters. The van der Waals surface area contributed by atoms with Crippen molar-refractivity contribution in [3.8, 4) is 5.75 Å². The van der Waals surface area contributed by atoms with Crippen LogP contribution in [0, 0.1) is 0 Å². The van der Waals surface area contributed by atoms with Gasteiger partial charge in [0.15, 0.2) is 0 Å². The van der Waals surface area contributed by atoms with Crippen LogP contribution in [0.2, 0.25) is 0 Å². The molecule has 0 bridgehead atoms. The van der Waals surface area contributed by atoms with Crippen LogP contribution in [0.3, 0.4) is 0 Å². The molecule has 3 rings (SSSR count). The second-order valence-corrected chi connectivity index (χ2v) is 4.29. The third-order valence-corrected chi connectivity index (χ3v) is 3.17. The third kappa shape index (κ3) is 1.84. The van der Waals surface area contributed by atoms with Crippen molar-refractivity contribution in [2.24, 2.45) is 10.9 Å². The molecule has 18 heavy (non-hydrogen) atoms. The van der Waals surface area contributed by atoms with E-state index in [0.29, 0.717) is 6.42 Å². The number of ether oxygens (including phenoxy) is 1. The summed E-state index contributed by atoms with van der Waals surface area (Å²) in [5.41, 5.74) is 3.03. The molecule has 3 heteroatoms. The van der Waals surface area contributed by atoms with Gasteiger partial charge in [0.1, 0.15) is 11.9 Å². The molecule has 2 aromatic carbocycles. The molecule has 2 N–H and O–H groups in total. The molecule has 1 aliphatic rings. The minimum atomic E-state index is -0.0107. The van der Waals surface area contributed by atoms with Crippen LogP contribution in [0.5, 0.6) is 5.75 Å². The molecule has 0 amide bonds. The number of nitrogens with zero attached hydrogens (tertiary/aromatic N) is 1. The molecule has 1 heterocycles. The first-order valence-electron chi connectivity index (χ1n) is 5.96. The third-order valence-electron chi connectivity index (χ3n) is 3.17. The highest BCUT2D eigenvalue weighted by molar-refractivity contribution is 6.03. The van der Waals surface area contributed by atoms with Crippen LogP contribution < -0.4 is 10.6 Å². The summed E-state index contributed by atoms with van der Waals surface area (Å²) in [5.74, 6) is 6.34. The second kappa shape index (κ2) is 4.53. The molecule has 0 aromatic heterocycles. The first kappa shape index (κ1) is 10.8. The average molecular weight is 238 g/mol. The summed E-state index contributed by atoms with van der Waals surface area (Å²) in [5, 5.41) is 3.90. The molecule has 0 radical (unpaired) electrons. The van der Waals surface area contributed by atoms with E-state index in [1.165, 1.54) is 0 Å². The van der Waals surface area contributed by atoms with Crippen molar-refractivity contribution in [3.05, 3.63) is 65.7 Å². The minimum absolute atomic E-state index is 0.0107. The first-order valence-corrected chi connectivity index (χ1v) is 5.96. The Morgan fingerprint density at radius 1 is 1.00 bits per heavy atom. The molecule has 1 unspecified atom stereocenters. The van der Waals surface area contributed by atoms with Crippen LogP contribution in [0.1, 0.15) is 23.7 Å². The number of rotatable bonds is 1. The fraction of sp³-hybridized carbons (Fsp3) is 0.133. The van der Waals surface area contributed by atoms with Crippen molar-refractivity contribution in [2.45, 2.75) is 12.5 Å². The molecule has 0 saturated carbocycles. The Hall–Kier alpha value is -2.29. The lowest BCUT2D eigenvalue weighted by molar-refractivity contribution is 0.206. The van der Waals surface area contributed by atoms with E-state index in [1.54, 1.807) is 0 Å². The highest BCUT2D eigenvalue weighted by Gasteiger charge is 2.25. The zero-order chi connectivity index (χ0) is 12.4. The van der Waals surface area contributed by atoms with Gasteiger partial charge in [0, 0.05) is 12.0 Å². The van der Waals surface area contributed by atoms with Crippen LogP contribution in [0.4, 0.5) is 0 Å². The van der Waals surface area contributed by atoms with E-state index in [1.807, 2.05) is 42.5 Å². The Kier molecular flexibility index (Phi) is 2.73. The van der Waals surface area contributed by atoms with Gasteiger partial charge in [-0.25, -0.2) is 0 Å². The zero-order valence-corrected chi connectivity index (χ0v) is 9.91.